The molecule has 0 fully saturated rings. The molecule has 0 saturated carbocycles. The van der Waals surface area contributed by atoms with E-state index in [2.05, 4.69) is 93.7 Å². The summed E-state index contributed by atoms with van der Waals surface area (Å²) in [7, 11) is 0. The third-order valence-electron chi connectivity index (χ3n) is 15.2. The summed E-state index contributed by atoms with van der Waals surface area (Å²) in [5.41, 5.74) is 0. The van der Waals surface area contributed by atoms with E-state index in [4.69, 9.17) is 14.2 Å². The average Bonchev–Trinajstić information content (AvgIpc) is 3.45. The predicted octanol–water partition coefficient (Wildman–Crippen LogP) is 23.7. The summed E-state index contributed by atoms with van der Waals surface area (Å²) < 4.78 is 17.0. The van der Waals surface area contributed by atoms with Crippen LogP contribution in [0.4, 0.5) is 0 Å². The summed E-state index contributed by atoms with van der Waals surface area (Å²) >= 11 is 0. The van der Waals surface area contributed by atoms with Crippen LogP contribution in [-0.2, 0) is 28.6 Å². The summed E-state index contributed by atoms with van der Waals surface area (Å²) in [6.45, 7) is 6.56. The zero-order valence-electron chi connectivity index (χ0n) is 52.6. The third kappa shape index (κ3) is 65.5. The van der Waals surface area contributed by atoms with Crippen LogP contribution in [0.2, 0.25) is 0 Å². The fourth-order valence-corrected chi connectivity index (χ4v) is 10.1. The van der Waals surface area contributed by atoms with Gasteiger partial charge in [0.15, 0.2) is 6.10 Å². The van der Waals surface area contributed by atoms with Gasteiger partial charge < -0.3 is 14.2 Å². The molecular formula is C73H130O6. The van der Waals surface area contributed by atoms with Crippen LogP contribution in [0.15, 0.2) is 72.9 Å². The average molecular weight is 1100 g/mol. The SMILES string of the molecule is CC/C=C\C/C=C\C/C=C\C/C=C\C/C=C\CCCCCCCC(=O)OC(COC(=O)CCCCCCCCCCCCCCC)COC(=O)CCCCCCCCCCCCCCCCC/C=C\CCCCCCCCCC. The topological polar surface area (TPSA) is 78.9 Å². The van der Waals surface area contributed by atoms with Gasteiger partial charge in [-0.15, -0.1) is 0 Å². The van der Waals surface area contributed by atoms with E-state index in [0.29, 0.717) is 19.3 Å². The number of allylic oxidation sites excluding steroid dienone is 12. The fraction of sp³-hybridized carbons (Fsp3) is 0.795. The van der Waals surface area contributed by atoms with E-state index in [1.165, 1.54) is 205 Å². The predicted molar refractivity (Wildman–Crippen MR) is 344 cm³/mol. The maximum absolute atomic E-state index is 12.9. The van der Waals surface area contributed by atoms with E-state index in [0.717, 1.165) is 109 Å². The first-order chi connectivity index (χ1) is 39.0. The van der Waals surface area contributed by atoms with Gasteiger partial charge in [-0.3, -0.25) is 14.4 Å². The lowest BCUT2D eigenvalue weighted by Gasteiger charge is -2.18. The molecule has 0 spiro atoms. The van der Waals surface area contributed by atoms with Crippen molar-refractivity contribution in [1.29, 1.82) is 0 Å². The highest BCUT2D eigenvalue weighted by Gasteiger charge is 2.19. The quantitative estimate of drug-likeness (QED) is 0.0261. The molecule has 0 aliphatic heterocycles. The Bertz CT molecular complexity index is 1450. The molecule has 0 aliphatic rings. The minimum absolute atomic E-state index is 0.0795. The maximum atomic E-state index is 12.9. The van der Waals surface area contributed by atoms with E-state index < -0.39 is 6.10 Å². The molecule has 0 heterocycles. The maximum Gasteiger partial charge on any atom is 0.306 e. The number of carbonyl (C=O) groups excluding carboxylic acids is 3. The number of unbranched alkanes of at least 4 members (excludes halogenated alkanes) is 40. The number of esters is 3. The van der Waals surface area contributed by atoms with Crippen LogP contribution in [0.25, 0.3) is 0 Å². The standard InChI is InChI=1S/C73H130O6/c1-4-7-10-13-16-19-22-25-27-29-31-33-34-35-36-37-38-40-41-43-45-48-51-54-57-60-63-66-72(75)78-69-70(68-77-71(74)65-62-59-56-53-50-47-24-21-18-15-12-9-6-3)79-73(76)67-64-61-58-55-52-49-46-44-42-39-32-30-28-26-23-20-17-14-11-8-5-2/h8,11,17,20,26,28-29,31-32,39,44,46,70H,4-7,9-10,12-16,18-19,21-25,27,30,33-38,40-43,45,47-69H2,1-3H3/b11-8-,20-17-,28-26-,31-29-,39-32-,46-44-. The van der Waals surface area contributed by atoms with Gasteiger partial charge in [0, 0.05) is 19.3 Å². The highest BCUT2D eigenvalue weighted by atomic mass is 16.6. The lowest BCUT2D eigenvalue weighted by atomic mass is 10.0. The van der Waals surface area contributed by atoms with Crippen LogP contribution in [0.5, 0.6) is 0 Å². The van der Waals surface area contributed by atoms with Gasteiger partial charge in [0.05, 0.1) is 0 Å². The number of carbonyl (C=O) groups is 3. The Morgan fingerprint density at radius 3 is 0.785 bits per heavy atom. The summed E-state index contributed by atoms with van der Waals surface area (Å²) in [5, 5.41) is 0. The van der Waals surface area contributed by atoms with E-state index in [1.807, 2.05) is 0 Å². The van der Waals surface area contributed by atoms with Crippen LogP contribution >= 0.6 is 0 Å². The number of ether oxygens (including phenoxy) is 3. The van der Waals surface area contributed by atoms with Crippen LogP contribution in [0.3, 0.4) is 0 Å². The molecule has 0 aromatic heterocycles. The zero-order valence-corrected chi connectivity index (χ0v) is 52.6. The molecule has 6 heteroatoms. The van der Waals surface area contributed by atoms with Crippen molar-refractivity contribution in [1.82, 2.24) is 0 Å². The van der Waals surface area contributed by atoms with Gasteiger partial charge in [-0.2, -0.15) is 0 Å². The minimum Gasteiger partial charge on any atom is -0.462 e. The van der Waals surface area contributed by atoms with Crippen LogP contribution in [-0.4, -0.2) is 37.2 Å². The molecule has 0 aromatic rings. The van der Waals surface area contributed by atoms with Gasteiger partial charge in [-0.25, -0.2) is 0 Å². The lowest BCUT2D eigenvalue weighted by Crippen LogP contribution is -2.30. The number of hydrogen-bond acceptors (Lipinski definition) is 6. The smallest absolute Gasteiger partial charge is 0.306 e. The molecule has 0 saturated heterocycles. The normalized spacial score (nSPS) is 12.5. The van der Waals surface area contributed by atoms with Crippen molar-refractivity contribution in [3.05, 3.63) is 72.9 Å². The molecule has 0 aromatic carbocycles. The van der Waals surface area contributed by atoms with E-state index in [1.54, 1.807) is 0 Å². The molecule has 1 atom stereocenters. The molecule has 0 aliphatic carbocycles. The Balaban J connectivity index is 4.28. The Labute approximate surface area is 491 Å². The first-order valence-electron chi connectivity index (χ1n) is 34.4. The summed E-state index contributed by atoms with van der Waals surface area (Å²) in [4.78, 5) is 38.4. The summed E-state index contributed by atoms with van der Waals surface area (Å²) in [6, 6.07) is 0. The van der Waals surface area contributed by atoms with E-state index in [-0.39, 0.29) is 31.1 Å². The molecule has 0 bridgehead atoms. The van der Waals surface area contributed by atoms with Crippen LogP contribution < -0.4 is 0 Å². The second kappa shape index (κ2) is 67.4. The Morgan fingerprint density at radius 2 is 0.494 bits per heavy atom. The monoisotopic (exact) mass is 1100 g/mol. The molecule has 79 heavy (non-hydrogen) atoms. The highest BCUT2D eigenvalue weighted by molar-refractivity contribution is 5.71. The second-order valence-corrected chi connectivity index (χ2v) is 23.1. The minimum atomic E-state index is -0.785. The van der Waals surface area contributed by atoms with Gasteiger partial charge in [0.1, 0.15) is 13.2 Å². The van der Waals surface area contributed by atoms with E-state index >= 15 is 0 Å². The molecular weight excluding hydrogens is 973 g/mol. The van der Waals surface area contributed by atoms with Crippen LogP contribution in [0, 0.1) is 0 Å². The zero-order chi connectivity index (χ0) is 57.1. The molecule has 0 rings (SSSR count). The molecule has 0 radical (unpaired) electrons. The molecule has 458 valence electrons. The molecule has 1 unspecified atom stereocenters. The van der Waals surface area contributed by atoms with Crippen LogP contribution in [0.1, 0.15) is 355 Å². The molecule has 6 nitrogen and oxygen atoms in total. The first-order valence-corrected chi connectivity index (χ1v) is 34.4. The highest BCUT2D eigenvalue weighted by Crippen LogP contribution is 2.17. The largest absolute Gasteiger partial charge is 0.462 e. The Kier molecular flexibility index (Phi) is 64.7. The van der Waals surface area contributed by atoms with Gasteiger partial charge in [-0.05, 0) is 89.9 Å². The van der Waals surface area contributed by atoms with Crippen molar-refractivity contribution in [3.8, 4) is 0 Å². The van der Waals surface area contributed by atoms with Gasteiger partial charge in [0.2, 0.25) is 0 Å². The van der Waals surface area contributed by atoms with Crippen molar-refractivity contribution < 1.29 is 28.6 Å². The Morgan fingerprint density at radius 1 is 0.266 bits per heavy atom. The molecule has 0 N–H and O–H groups in total. The van der Waals surface area contributed by atoms with Gasteiger partial charge in [0.25, 0.3) is 0 Å². The van der Waals surface area contributed by atoms with Crippen molar-refractivity contribution in [2.24, 2.45) is 0 Å². The fourth-order valence-electron chi connectivity index (χ4n) is 10.1. The van der Waals surface area contributed by atoms with Gasteiger partial charge >= 0.3 is 17.9 Å². The molecule has 0 amide bonds. The van der Waals surface area contributed by atoms with Crippen molar-refractivity contribution in [3.63, 3.8) is 0 Å². The van der Waals surface area contributed by atoms with Crippen molar-refractivity contribution in [2.75, 3.05) is 13.2 Å². The lowest BCUT2D eigenvalue weighted by molar-refractivity contribution is -0.167. The Hall–Kier alpha value is -3.15. The second-order valence-electron chi connectivity index (χ2n) is 23.1. The van der Waals surface area contributed by atoms with E-state index in [9.17, 15) is 14.4 Å². The van der Waals surface area contributed by atoms with Gasteiger partial charge in [-0.1, -0.05) is 318 Å². The third-order valence-corrected chi connectivity index (χ3v) is 15.2. The summed E-state index contributed by atoms with van der Waals surface area (Å²) in [5.74, 6) is -0.879. The first kappa shape index (κ1) is 75.8. The number of hydrogen-bond donors (Lipinski definition) is 0. The summed E-state index contributed by atoms with van der Waals surface area (Å²) in [6.07, 6.45) is 87.8. The van der Waals surface area contributed by atoms with Crippen molar-refractivity contribution in [2.45, 2.75) is 361 Å². The number of rotatable bonds is 63. The van der Waals surface area contributed by atoms with Crippen molar-refractivity contribution >= 4 is 17.9 Å².